The van der Waals surface area contributed by atoms with Gasteiger partial charge in [0.2, 0.25) is 8.32 Å². The Hall–Kier alpha value is -0.583. The Morgan fingerprint density at radius 3 is 2.61 bits per heavy atom. The summed E-state index contributed by atoms with van der Waals surface area (Å²) in [5.74, 6) is 0.968. The van der Waals surface area contributed by atoms with Crippen molar-refractivity contribution in [2.45, 2.75) is 57.5 Å². The molecule has 0 saturated heterocycles. The van der Waals surface area contributed by atoms with Crippen LogP contribution in [-0.2, 0) is 9.16 Å². The lowest BCUT2D eigenvalue weighted by Crippen LogP contribution is -2.42. The summed E-state index contributed by atoms with van der Waals surface area (Å²) in [6.07, 6.45) is 4.91. The fourth-order valence-electron chi connectivity index (χ4n) is 2.04. The molecule has 4 heteroatoms. The Kier molecular flexibility index (Phi) is 3.47. The third-order valence-electron chi connectivity index (χ3n) is 4.27. The van der Waals surface area contributed by atoms with E-state index in [4.69, 9.17) is 9.16 Å². The Balaban J connectivity index is 2.23. The van der Waals surface area contributed by atoms with Gasteiger partial charge in [0.15, 0.2) is 0 Å². The molecular weight excluding hydrogens is 244 g/mol. The van der Waals surface area contributed by atoms with E-state index in [1.54, 1.807) is 0 Å². The van der Waals surface area contributed by atoms with Crippen LogP contribution in [0.15, 0.2) is 23.5 Å². The highest BCUT2D eigenvalue weighted by atomic mass is 28.4. The van der Waals surface area contributed by atoms with Gasteiger partial charge < -0.3 is 14.3 Å². The summed E-state index contributed by atoms with van der Waals surface area (Å²) in [7, 11) is -1.83. The molecule has 0 amide bonds. The minimum absolute atomic E-state index is 0.0195. The Morgan fingerprint density at radius 2 is 2.06 bits per heavy atom. The lowest BCUT2D eigenvalue weighted by Gasteiger charge is -2.39. The second-order valence-electron chi connectivity index (χ2n) is 6.65. The predicted octanol–water partition coefficient (Wildman–Crippen LogP) is 2.98. The molecule has 2 atom stereocenters. The van der Waals surface area contributed by atoms with Crippen LogP contribution in [0.1, 0.15) is 27.2 Å². The molecule has 0 aromatic rings. The predicted molar refractivity (Wildman–Crippen MR) is 74.8 cm³/mol. The summed E-state index contributed by atoms with van der Waals surface area (Å²) >= 11 is 0. The highest BCUT2D eigenvalue weighted by Gasteiger charge is 2.42. The van der Waals surface area contributed by atoms with Crippen molar-refractivity contribution in [2.24, 2.45) is 0 Å². The van der Waals surface area contributed by atoms with Gasteiger partial charge in [-0.25, -0.2) is 0 Å². The molecule has 0 aliphatic carbocycles. The number of hydrogen-bond donors (Lipinski definition) is 1. The average Bonchev–Trinajstić information content (AvgIpc) is 2.59. The summed E-state index contributed by atoms with van der Waals surface area (Å²) in [4.78, 5) is 0. The number of ether oxygens (including phenoxy) is 1. The first-order chi connectivity index (χ1) is 8.24. The van der Waals surface area contributed by atoms with E-state index in [1.165, 1.54) is 0 Å². The van der Waals surface area contributed by atoms with Crippen LogP contribution in [0.4, 0.5) is 0 Å². The molecule has 0 unspecified atom stereocenters. The molecule has 0 saturated carbocycles. The Bertz CT molecular complexity index is 390. The van der Waals surface area contributed by atoms with Gasteiger partial charge in [0.25, 0.3) is 0 Å². The molecule has 0 spiro atoms. The summed E-state index contributed by atoms with van der Waals surface area (Å²) in [5.41, 5.74) is 0.907. The molecular formula is C14H24O3Si. The summed E-state index contributed by atoms with van der Waals surface area (Å²) in [6.45, 7) is 11.2. The largest absolute Gasteiger partial charge is 0.546 e. The SMILES string of the molecule is CC(C)(C)[Si](C)(C)OC1=C(CO)[C@H]2C=C[C@@H](C1)O2. The molecule has 0 aromatic carbocycles. The third kappa shape index (κ3) is 2.42. The Labute approximate surface area is 111 Å². The highest BCUT2D eigenvalue weighted by molar-refractivity contribution is 6.74. The van der Waals surface area contributed by atoms with E-state index < -0.39 is 8.32 Å². The molecule has 2 aliphatic rings. The summed E-state index contributed by atoms with van der Waals surface area (Å²) in [6, 6.07) is 0. The number of aliphatic hydroxyl groups excluding tert-OH is 1. The van der Waals surface area contributed by atoms with Crippen LogP contribution in [0, 0.1) is 0 Å². The number of aliphatic hydroxyl groups is 1. The van der Waals surface area contributed by atoms with Gasteiger partial charge in [0, 0.05) is 12.0 Å². The third-order valence-corrected chi connectivity index (χ3v) is 8.63. The molecule has 2 heterocycles. The molecule has 2 bridgehead atoms. The van der Waals surface area contributed by atoms with E-state index in [0.29, 0.717) is 0 Å². The van der Waals surface area contributed by atoms with Crippen molar-refractivity contribution in [1.82, 2.24) is 0 Å². The number of hydrogen-bond acceptors (Lipinski definition) is 3. The minimum atomic E-state index is -1.83. The van der Waals surface area contributed by atoms with Gasteiger partial charge in [-0.2, -0.15) is 0 Å². The van der Waals surface area contributed by atoms with Crippen LogP contribution < -0.4 is 0 Å². The van der Waals surface area contributed by atoms with Gasteiger partial charge in [0.1, 0.15) is 6.10 Å². The van der Waals surface area contributed by atoms with Crippen LogP contribution in [0.2, 0.25) is 18.1 Å². The molecule has 0 aromatic heterocycles. The van der Waals surface area contributed by atoms with E-state index in [1.807, 2.05) is 6.08 Å². The second kappa shape index (κ2) is 4.51. The van der Waals surface area contributed by atoms with Crippen LogP contribution in [-0.4, -0.2) is 32.2 Å². The molecule has 102 valence electrons. The summed E-state index contributed by atoms with van der Waals surface area (Å²) < 4.78 is 12.1. The van der Waals surface area contributed by atoms with E-state index in [9.17, 15) is 5.11 Å². The lowest BCUT2D eigenvalue weighted by atomic mass is 10.1. The topological polar surface area (TPSA) is 38.7 Å². The van der Waals surface area contributed by atoms with Gasteiger partial charge in [-0.3, -0.25) is 0 Å². The van der Waals surface area contributed by atoms with Crippen molar-refractivity contribution < 1.29 is 14.3 Å². The second-order valence-corrected chi connectivity index (χ2v) is 11.4. The standard InChI is InChI=1S/C14H24O3Si/c1-14(2,3)18(4,5)17-13-8-10-6-7-12(16-10)11(13)9-15/h6-7,10,12,15H,8-9H2,1-5H3/t10-,12+/m0/s1. The normalized spacial score (nSPS) is 27.9. The van der Waals surface area contributed by atoms with Gasteiger partial charge in [0.05, 0.1) is 18.5 Å². The fourth-order valence-corrected chi connectivity index (χ4v) is 3.17. The van der Waals surface area contributed by atoms with Crippen molar-refractivity contribution in [3.63, 3.8) is 0 Å². The molecule has 2 rings (SSSR count). The lowest BCUT2D eigenvalue weighted by molar-refractivity contribution is 0.0472. The first-order valence-electron chi connectivity index (χ1n) is 6.60. The molecule has 0 fully saturated rings. The molecule has 3 nitrogen and oxygen atoms in total. The van der Waals surface area contributed by atoms with Crippen LogP contribution in [0.3, 0.4) is 0 Å². The zero-order valence-corrected chi connectivity index (χ0v) is 13.0. The van der Waals surface area contributed by atoms with Crippen molar-refractivity contribution in [3.8, 4) is 0 Å². The van der Waals surface area contributed by atoms with Crippen LogP contribution >= 0.6 is 0 Å². The van der Waals surface area contributed by atoms with Gasteiger partial charge in [-0.1, -0.05) is 32.9 Å². The fraction of sp³-hybridized carbons (Fsp3) is 0.714. The van der Waals surface area contributed by atoms with E-state index in [0.717, 1.165) is 17.8 Å². The average molecular weight is 268 g/mol. The van der Waals surface area contributed by atoms with Gasteiger partial charge >= 0.3 is 0 Å². The first-order valence-corrected chi connectivity index (χ1v) is 9.51. The van der Waals surface area contributed by atoms with E-state index in [-0.39, 0.29) is 23.9 Å². The maximum absolute atomic E-state index is 9.54. The minimum Gasteiger partial charge on any atom is -0.546 e. The highest BCUT2D eigenvalue weighted by Crippen LogP contribution is 2.41. The van der Waals surface area contributed by atoms with Gasteiger partial charge in [-0.15, -0.1) is 0 Å². The van der Waals surface area contributed by atoms with Gasteiger partial charge in [-0.05, 0) is 18.1 Å². The van der Waals surface area contributed by atoms with Crippen molar-refractivity contribution >= 4 is 8.32 Å². The van der Waals surface area contributed by atoms with E-state index in [2.05, 4.69) is 39.9 Å². The quantitative estimate of drug-likeness (QED) is 0.632. The van der Waals surface area contributed by atoms with Crippen LogP contribution in [0.25, 0.3) is 0 Å². The molecule has 1 N–H and O–H groups in total. The maximum Gasteiger partial charge on any atom is 0.250 e. The number of rotatable bonds is 3. The first kappa shape index (κ1) is 13.8. The smallest absolute Gasteiger partial charge is 0.250 e. The molecule has 18 heavy (non-hydrogen) atoms. The molecule has 2 aliphatic heterocycles. The monoisotopic (exact) mass is 268 g/mol. The Morgan fingerprint density at radius 1 is 1.39 bits per heavy atom. The zero-order chi connectivity index (χ0) is 13.6. The maximum atomic E-state index is 9.54. The summed E-state index contributed by atoms with van der Waals surface area (Å²) in [5, 5.41) is 9.72. The number of fused-ring (bicyclic) bond motifs is 2. The van der Waals surface area contributed by atoms with Crippen molar-refractivity contribution in [3.05, 3.63) is 23.5 Å². The van der Waals surface area contributed by atoms with Crippen LogP contribution in [0.5, 0.6) is 0 Å². The van der Waals surface area contributed by atoms with E-state index >= 15 is 0 Å². The molecule has 0 radical (unpaired) electrons. The van der Waals surface area contributed by atoms with Crippen molar-refractivity contribution in [2.75, 3.05) is 6.61 Å². The van der Waals surface area contributed by atoms with Crippen molar-refractivity contribution in [1.29, 1.82) is 0 Å². The zero-order valence-electron chi connectivity index (χ0n) is 12.0.